The first-order valence-corrected chi connectivity index (χ1v) is 8.30. The van der Waals surface area contributed by atoms with Crippen molar-refractivity contribution in [2.45, 2.75) is 50.2 Å². The van der Waals surface area contributed by atoms with Gasteiger partial charge in [0.25, 0.3) is 0 Å². The number of likely N-dealkylation sites (tertiary alicyclic amines) is 1. The molecule has 2 aliphatic rings. The molecule has 0 unspecified atom stereocenters. The molecule has 0 radical (unpaired) electrons. The third-order valence-corrected chi connectivity index (χ3v) is 4.97. The van der Waals surface area contributed by atoms with Gasteiger partial charge in [0.2, 0.25) is 5.91 Å². The van der Waals surface area contributed by atoms with Gasteiger partial charge in [-0.05, 0) is 31.7 Å². The van der Waals surface area contributed by atoms with E-state index in [-0.39, 0.29) is 5.91 Å². The second kappa shape index (κ2) is 6.75. The van der Waals surface area contributed by atoms with Gasteiger partial charge in [-0.3, -0.25) is 14.7 Å². The number of carbonyl (C=O) groups excluding carboxylic acids is 1. The average molecular weight is 303 g/mol. The number of amides is 1. The molecule has 2 heterocycles. The summed E-state index contributed by atoms with van der Waals surface area (Å²) < 4.78 is 0. The summed E-state index contributed by atoms with van der Waals surface area (Å²) in [6, 6.07) is 4.16. The lowest BCUT2D eigenvalue weighted by atomic mass is 9.85. The Kier molecular flexibility index (Phi) is 4.74. The molecule has 1 aromatic heterocycles. The average Bonchev–Trinajstić information content (AvgIpc) is 3.03. The van der Waals surface area contributed by atoms with E-state index in [9.17, 15) is 9.90 Å². The molecule has 0 bridgehead atoms. The number of pyridine rings is 1. The van der Waals surface area contributed by atoms with Crippen LogP contribution in [0.2, 0.25) is 0 Å². The normalized spacial score (nSPS) is 22.6. The fraction of sp³-hybridized carbons (Fsp3) is 0.647. The first-order chi connectivity index (χ1) is 10.7. The Balaban J connectivity index is 1.48. The third kappa shape index (κ3) is 3.65. The van der Waals surface area contributed by atoms with Crippen molar-refractivity contribution in [2.24, 2.45) is 0 Å². The van der Waals surface area contributed by atoms with Crippen LogP contribution >= 0.6 is 0 Å². The number of nitrogens with zero attached hydrogens (tertiary/aromatic N) is 2. The highest BCUT2D eigenvalue weighted by Gasteiger charge is 2.34. The SMILES string of the molecule is O=C(CN1CCC(O)(c2cccnc2)CC1)NC1CCCC1. The Labute approximate surface area is 131 Å². The fourth-order valence-electron chi connectivity index (χ4n) is 3.55. The molecule has 0 atom stereocenters. The number of hydrogen-bond acceptors (Lipinski definition) is 4. The molecular formula is C17H25N3O2. The summed E-state index contributed by atoms with van der Waals surface area (Å²) in [5.74, 6) is 0.124. The zero-order valence-corrected chi connectivity index (χ0v) is 13.0. The molecular weight excluding hydrogens is 278 g/mol. The summed E-state index contributed by atoms with van der Waals surface area (Å²) in [4.78, 5) is 18.3. The minimum Gasteiger partial charge on any atom is -0.385 e. The molecule has 5 nitrogen and oxygen atoms in total. The standard InChI is InChI=1S/C17H25N3O2/c21-16(19-15-5-1-2-6-15)13-20-10-7-17(22,8-11-20)14-4-3-9-18-12-14/h3-4,9,12,15,22H,1-2,5-8,10-11,13H2,(H,19,21). The lowest BCUT2D eigenvalue weighted by Crippen LogP contribution is -2.47. The summed E-state index contributed by atoms with van der Waals surface area (Å²) >= 11 is 0. The van der Waals surface area contributed by atoms with Gasteiger partial charge in [0.15, 0.2) is 0 Å². The smallest absolute Gasteiger partial charge is 0.234 e. The van der Waals surface area contributed by atoms with E-state index in [0.717, 1.165) is 31.5 Å². The van der Waals surface area contributed by atoms with Crippen LogP contribution < -0.4 is 5.32 Å². The van der Waals surface area contributed by atoms with E-state index in [1.54, 1.807) is 12.4 Å². The molecule has 2 N–H and O–H groups in total. The van der Waals surface area contributed by atoms with Gasteiger partial charge in [-0.1, -0.05) is 18.9 Å². The Morgan fingerprint density at radius 2 is 2.09 bits per heavy atom. The summed E-state index contributed by atoms with van der Waals surface area (Å²) in [7, 11) is 0. The van der Waals surface area contributed by atoms with Crippen molar-refractivity contribution >= 4 is 5.91 Å². The number of aromatic nitrogens is 1. The molecule has 1 saturated heterocycles. The van der Waals surface area contributed by atoms with Gasteiger partial charge in [-0.25, -0.2) is 0 Å². The second-order valence-corrected chi connectivity index (χ2v) is 6.60. The molecule has 22 heavy (non-hydrogen) atoms. The zero-order valence-electron chi connectivity index (χ0n) is 13.0. The van der Waals surface area contributed by atoms with Gasteiger partial charge in [0.1, 0.15) is 0 Å². The molecule has 1 aliphatic carbocycles. The molecule has 2 fully saturated rings. The molecule has 3 rings (SSSR count). The summed E-state index contributed by atoms with van der Waals surface area (Å²) in [5, 5.41) is 13.9. The van der Waals surface area contributed by atoms with Crippen molar-refractivity contribution in [1.29, 1.82) is 0 Å². The topological polar surface area (TPSA) is 65.5 Å². The highest BCUT2D eigenvalue weighted by Crippen LogP contribution is 2.32. The molecule has 1 aromatic rings. The van der Waals surface area contributed by atoms with Gasteiger partial charge in [-0.15, -0.1) is 0 Å². The number of piperidine rings is 1. The Bertz CT molecular complexity index is 492. The van der Waals surface area contributed by atoms with E-state index >= 15 is 0 Å². The van der Waals surface area contributed by atoms with Crippen LogP contribution in [0.1, 0.15) is 44.1 Å². The molecule has 0 aromatic carbocycles. The maximum atomic E-state index is 12.1. The summed E-state index contributed by atoms with van der Waals surface area (Å²) in [5.41, 5.74) is 0.0808. The quantitative estimate of drug-likeness (QED) is 0.883. The third-order valence-electron chi connectivity index (χ3n) is 4.97. The van der Waals surface area contributed by atoms with Crippen molar-refractivity contribution in [3.8, 4) is 0 Å². The lowest BCUT2D eigenvalue weighted by molar-refractivity contribution is -0.124. The molecule has 1 saturated carbocycles. The number of nitrogens with one attached hydrogen (secondary N) is 1. The lowest BCUT2D eigenvalue weighted by Gasteiger charge is -2.38. The predicted octanol–water partition coefficient (Wildman–Crippen LogP) is 1.42. The van der Waals surface area contributed by atoms with E-state index < -0.39 is 5.60 Å². The highest BCUT2D eigenvalue weighted by atomic mass is 16.3. The molecule has 0 spiro atoms. The maximum Gasteiger partial charge on any atom is 0.234 e. The number of hydrogen-bond donors (Lipinski definition) is 2. The van der Waals surface area contributed by atoms with Crippen molar-refractivity contribution < 1.29 is 9.90 Å². The highest BCUT2D eigenvalue weighted by molar-refractivity contribution is 5.78. The maximum absolute atomic E-state index is 12.1. The minimum atomic E-state index is -0.799. The number of carbonyl (C=O) groups is 1. The zero-order chi connectivity index (χ0) is 15.4. The van der Waals surface area contributed by atoms with E-state index in [0.29, 0.717) is 25.4 Å². The fourth-order valence-corrected chi connectivity index (χ4v) is 3.55. The Hall–Kier alpha value is -1.46. The summed E-state index contributed by atoms with van der Waals surface area (Å²) in [6.07, 6.45) is 9.45. The van der Waals surface area contributed by atoms with Gasteiger partial charge in [0.05, 0.1) is 12.1 Å². The van der Waals surface area contributed by atoms with Crippen LogP contribution in [0.25, 0.3) is 0 Å². The van der Waals surface area contributed by atoms with Crippen LogP contribution in [-0.2, 0) is 10.4 Å². The number of aliphatic hydroxyl groups is 1. The summed E-state index contributed by atoms with van der Waals surface area (Å²) in [6.45, 7) is 1.92. The molecule has 120 valence electrons. The van der Waals surface area contributed by atoms with Crippen LogP contribution in [0.4, 0.5) is 0 Å². The number of rotatable bonds is 4. The first kappa shape index (κ1) is 15.4. The van der Waals surface area contributed by atoms with Crippen LogP contribution in [0.3, 0.4) is 0 Å². The second-order valence-electron chi connectivity index (χ2n) is 6.60. The van der Waals surface area contributed by atoms with Crippen LogP contribution in [-0.4, -0.2) is 46.6 Å². The van der Waals surface area contributed by atoms with Crippen LogP contribution in [0.5, 0.6) is 0 Å². The van der Waals surface area contributed by atoms with Gasteiger partial charge < -0.3 is 10.4 Å². The Morgan fingerprint density at radius 3 is 2.73 bits per heavy atom. The molecule has 5 heteroatoms. The minimum absolute atomic E-state index is 0.124. The van der Waals surface area contributed by atoms with E-state index in [1.165, 1.54) is 12.8 Å². The Morgan fingerprint density at radius 1 is 1.36 bits per heavy atom. The van der Waals surface area contributed by atoms with Gasteiger partial charge in [-0.2, -0.15) is 0 Å². The van der Waals surface area contributed by atoms with Crippen molar-refractivity contribution in [3.05, 3.63) is 30.1 Å². The predicted molar refractivity (Wildman–Crippen MR) is 84.2 cm³/mol. The molecule has 1 aliphatic heterocycles. The van der Waals surface area contributed by atoms with Gasteiger partial charge >= 0.3 is 0 Å². The van der Waals surface area contributed by atoms with E-state index in [1.807, 2.05) is 12.1 Å². The first-order valence-electron chi connectivity index (χ1n) is 8.30. The molecule has 1 amide bonds. The largest absolute Gasteiger partial charge is 0.385 e. The van der Waals surface area contributed by atoms with Crippen molar-refractivity contribution in [2.75, 3.05) is 19.6 Å². The van der Waals surface area contributed by atoms with Crippen molar-refractivity contribution in [3.63, 3.8) is 0 Å². The van der Waals surface area contributed by atoms with Crippen LogP contribution in [0.15, 0.2) is 24.5 Å². The van der Waals surface area contributed by atoms with E-state index in [4.69, 9.17) is 0 Å². The van der Waals surface area contributed by atoms with E-state index in [2.05, 4.69) is 15.2 Å². The van der Waals surface area contributed by atoms with Gasteiger partial charge in [0, 0.05) is 37.1 Å². The van der Waals surface area contributed by atoms with Crippen molar-refractivity contribution in [1.82, 2.24) is 15.2 Å². The monoisotopic (exact) mass is 303 g/mol. The van der Waals surface area contributed by atoms with Crippen LogP contribution in [0, 0.1) is 0 Å².